The van der Waals surface area contributed by atoms with Crippen molar-refractivity contribution >= 4 is 10.8 Å². The van der Waals surface area contributed by atoms with Gasteiger partial charge in [0.2, 0.25) is 0 Å². The van der Waals surface area contributed by atoms with Crippen molar-refractivity contribution in [1.29, 1.82) is 0 Å². The lowest BCUT2D eigenvalue weighted by atomic mass is 9.97. The maximum atomic E-state index is 12.7. The number of alkyl halides is 3. The van der Waals surface area contributed by atoms with Crippen LogP contribution in [0.15, 0.2) is 66.7 Å². The molecule has 0 amide bonds. The fourth-order valence-electron chi connectivity index (χ4n) is 2.68. The summed E-state index contributed by atoms with van der Waals surface area (Å²) >= 11 is 0. The molecule has 1 nitrogen and oxygen atoms in total. The van der Waals surface area contributed by atoms with Crippen LogP contribution in [-0.2, 0) is 10.9 Å². The summed E-state index contributed by atoms with van der Waals surface area (Å²) in [5.74, 6) is 0. The summed E-state index contributed by atoms with van der Waals surface area (Å²) in [6.45, 7) is 0. The van der Waals surface area contributed by atoms with Crippen LogP contribution in [0.1, 0.15) is 22.8 Å². The summed E-state index contributed by atoms with van der Waals surface area (Å²) < 4.78 is 43.5. The van der Waals surface area contributed by atoms with E-state index in [1.165, 1.54) is 12.1 Å². The first-order chi connectivity index (χ1) is 11.0. The minimum absolute atomic E-state index is 0.401. The fourth-order valence-corrected chi connectivity index (χ4v) is 2.68. The van der Waals surface area contributed by atoms with Gasteiger partial charge in [-0.15, -0.1) is 0 Å². The zero-order valence-electron chi connectivity index (χ0n) is 12.5. The second-order valence-electron chi connectivity index (χ2n) is 5.34. The standard InChI is InChI=1S/C19H15F3O/c1-23-18(14-8-10-17(11-9-14)19(20,21)22)16-7-6-13-4-2-3-5-15(13)12-16/h2-12,18H,1H3. The van der Waals surface area contributed by atoms with Crippen LogP contribution in [0.3, 0.4) is 0 Å². The van der Waals surface area contributed by atoms with Gasteiger partial charge in [0.1, 0.15) is 6.10 Å². The highest BCUT2D eigenvalue weighted by atomic mass is 19.4. The molecule has 1 unspecified atom stereocenters. The number of fused-ring (bicyclic) bond motifs is 1. The van der Waals surface area contributed by atoms with Crippen LogP contribution in [0.2, 0.25) is 0 Å². The van der Waals surface area contributed by atoms with Crippen LogP contribution in [0.25, 0.3) is 10.8 Å². The monoisotopic (exact) mass is 316 g/mol. The van der Waals surface area contributed by atoms with Crippen LogP contribution < -0.4 is 0 Å². The summed E-state index contributed by atoms with van der Waals surface area (Å²) in [7, 11) is 1.55. The fraction of sp³-hybridized carbons (Fsp3) is 0.158. The molecule has 0 aliphatic carbocycles. The second-order valence-corrected chi connectivity index (χ2v) is 5.34. The smallest absolute Gasteiger partial charge is 0.372 e. The summed E-state index contributed by atoms with van der Waals surface area (Å²) in [5, 5.41) is 2.18. The molecule has 0 radical (unpaired) electrons. The van der Waals surface area contributed by atoms with Gasteiger partial charge in [0.25, 0.3) is 0 Å². The molecule has 1 atom stereocenters. The molecular weight excluding hydrogens is 301 g/mol. The Balaban J connectivity index is 1.97. The molecule has 118 valence electrons. The van der Waals surface area contributed by atoms with Gasteiger partial charge in [0, 0.05) is 7.11 Å². The van der Waals surface area contributed by atoms with Crippen molar-refractivity contribution in [3.05, 3.63) is 83.4 Å². The quantitative estimate of drug-likeness (QED) is 0.611. The molecule has 3 aromatic carbocycles. The highest BCUT2D eigenvalue weighted by molar-refractivity contribution is 5.83. The van der Waals surface area contributed by atoms with Gasteiger partial charge in [-0.1, -0.05) is 48.5 Å². The summed E-state index contributed by atoms with van der Waals surface area (Å²) in [5.41, 5.74) is 0.941. The average molecular weight is 316 g/mol. The van der Waals surface area contributed by atoms with Crippen molar-refractivity contribution in [3.63, 3.8) is 0 Å². The van der Waals surface area contributed by atoms with E-state index in [1.54, 1.807) is 7.11 Å². The molecule has 23 heavy (non-hydrogen) atoms. The molecule has 0 heterocycles. The molecule has 0 N–H and O–H groups in total. The van der Waals surface area contributed by atoms with E-state index in [4.69, 9.17) is 4.74 Å². The third-order valence-corrected chi connectivity index (χ3v) is 3.85. The van der Waals surface area contributed by atoms with Crippen molar-refractivity contribution in [1.82, 2.24) is 0 Å². The normalized spacial score (nSPS) is 13.2. The summed E-state index contributed by atoms with van der Waals surface area (Å²) in [6.07, 6.45) is -4.73. The molecular formula is C19H15F3O. The van der Waals surface area contributed by atoms with Crippen LogP contribution in [-0.4, -0.2) is 7.11 Å². The Bertz CT molecular complexity index is 807. The molecule has 0 aromatic heterocycles. The Morgan fingerprint density at radius 1 is 0.783 bits per heavy atom. The molecule has 0 bridgehead atoms. The third-order valence-electron chi connectivity index (χ3n) is 3.85. The van der Waals surface area contributed by atoms with Crippen molar-refractivity contribution in [2.24, 2.45) is 0 Å². The topological polar surface area (TPSA) is 9.23 Å². The first kappa shape index (κ1) is 15.6. The van der Waals surface area contributed by atoms with Crippen molar-refractivity contribution in [2.75, 3.05) is 7.11 Å². The lowest BCUT2D eigenvalue weighted by molar-refractivity contribution is -0.137. The Labute approximate surface area is 132 Å². The van der Waals surface area contributed by atoms with E-state index in [1.807, 2.05) is 42.5 Å². The SMILES string of the molecule is COC(c1ccc(C(F)(F)F)cc1)c1ccc2ccccc2c1. The predicted molar refractivity (Wildman–Crippen MR) is 84.2 cm³/mol. The minimum atomic E-state index is -4.33. The van der Waals surface area contributed by atoms with Crippen molar-refractivity contribution < 1.29 is 17.9 Å². The van der Waals surface area contributed by atoms with E-state index in [2.05, 4.69) is 0 Å². The number of benzene rings is 3. The molecule has 0 saturated carbocycles. The number of halogens is 3. The third kappa shape index (κ3) is 3.22. The van der Waals surface area contributed by atoms with Gasteiger partial charge in [-0.3, -0.25) is 0 Å². The summed E-state index contributed by atoms with van der Waals surface area (Å²) in [6, 6.07) is 19.0. The van der Waals surface area contributed by atoms with Gasteiger partial charge in [-0.05, 0) is 40.1 Å². The van der Waals surface area contributed by atoms with E-state index in [-0.39, 0.29) is 0 Å². The van der Waals surface area contributed by atoms with Gasteiger partial charge in [0.15, 0.2) is 0 Å². The predicted octanol–water partition coefficient (Wildman–Crippen LogP) is 5.59. The van der Waals surface area contributed by atoms with E-state index in [0.29, 0.717) is 5.56 Å². The first-order valence-electron chi connectivity index (χ1n) is 7.17. The molecule has 4 heteroatoms. The number of hydrogen-bond donors (Lipinski definition) is 0. The van der Waals surface area contributed by atoms with E-state index in [0.717, 1.165) is 28.5 Å². The Kier molecular flexibility index (Phi) is 4.09. The Hall–Kier alpha value is -2.33. The van der Waals surface area contributed by atoms with Crippen molar-refractivity contribution in [3.8, 4) is 0 Å². The molecule has 0 aliphatic heterocycles. The van der Waals surface area contributed by atoms with Gasteiger partial charge < -0.3 is 4.74 Å². The highest BCUT2D eigenvalue weighted by Gasteiger charge is 2.30. The largest absolute Gasteiger partial charge is 0.416 e. The minimum Gasteiger partial charge on any atom is -0.372 e. The van der Waals surface area contributed by atoms with Gasteiger partial charge in [-0.25, -0.2) is 0 Å². The lowest BCUT2D eigenvalue weighted by Crippen LogP contribution is -2.07. The maximum absolute atomic E-state index is 12.7. The molecule has 0 fully saturated rings. The highest BCUT2D eigenvalue weighted by Crippen LogP contribution is 2.32. The Morgan fingerprint density at radius 2 is 1.39 bits per heavy atom. The Morgan fingerprint density at radius 3 is 2.00 bits per heavy atom. The van der Waals surface area contributed by atoms with Crippen LogP contribution in [0.5, 0.6) is 0 Å². The molecule has 0 spiro atoms. The maximum Gasteiger partial charge on any atom is 0.416 e. The van der Waals surface area contributed by atoms with E-state index in [9.17, 15) is 13.2 Å². The lowest BCUT2D eigenvalue weighted by Gasteiger charge is -2.18. The second kappa shape index (κ2) is 6.05. The number of rotatable bonds is 3. The number of methoxy groups -OCH3 is 1. The molecule has 0 aliphatic rings. The van der Waals surface area contributed by atoms with E-state index < -0.39 is 17.8 Å². The van der Waals surface area contributed by atoms with Gasteiger partial charge in [0.05, 0.1) is 5.56 Å². The van der Waals surface area contributed by atoms with Crippen molar-refractivity contribution in [2.45, 2.75) is 12.3 Å². The zero-order valence-corrected chi connectivity index (χ0v) is 12.5. The van der Waals surface area contributed by atoms with Crippen LogP contribution in [0, 0.1) is 0 Å². The zero-order chi connectivity index (χ0) is 16.4. The summed E-state index contributed by atoms with van der Waals surface area (Å²) in [4.78, 5) is 0. The van der Waals surface area contributed by atoms with Gasteiger partial charge >= 0.3 is 6.18 Å². The van der Waals surface area contributed by atoms with Gasteiger partial charge in [-0.2, -0.15) is 13.2 Å². The number of ether oxygens (including phenoxy) is 1. The first-order valence-corrected chi connectivity index (χ1v) is 7.17. The van der Waals surface area contributed by atoms with Crippen LogP contribution >= 0.6 is 0 Å². The molecule has 0 saturated heterocycles. The van der Waals surface area contributed by atoms with Crippen LogP contribution in [0.4, 0.5) is 13.2 Å². The molecule has 3 rings (SSSR count). The average Bonchev–Trinajstić information content (AvgIpc) is 2.55. The number of hydrogen-bond acceptors (Lipinski definition) is 1. The molecule has 3 aromatic rings. The van der Waals surface area contributed by atoms with E-state index >= 15 is 0 Å².